The normalized spacial score (nSPS) is 21.2. The van der Waals surface area contributed by atoms with Gasteiger partial charge in [0.25, 0.3) is 0 Å². The first-order valence-electron chi connectivity index (χ1n) is 5.74. The van der Waals surface area contributed by atoms with Gasteiger partial charge in [-0.25, -0.2) is 0 Å². The molecule has 1 N–H and O–H groups in total. The van der Waals surface area contributed by atoms with Crippen LogP contribution in [-0.2, 0) is 11.3 Å². The number of nitrogens with one attached hydrogen (secondary N) is 1. The molecule has 3 nitrogen and oxygen atoms in total. The molecule has 16 heavy (non-hydrogen) atoms. The van der Waals surface area contributed by atoms with Crippen LogP contribution in [0.1, 0.15) is 18.1 Å². The molecule has 1 fully saturated rings. The molecular formula is C13H18N2O. The molecule has 1 aliphatic rings. The maximum atomic E-state index is 11.9. The average Bonchev–Trinajstić information content (AvgIpc) is 2.28. The number of hydrogen-bond acceptors (Lipinski definition) is 2. The lowest BCUT2D eigenvalue weighted by molar-refractivity contribution is -0.135. The second-order valence-electron chi connectivity index (χ2n) is 4.42. The van der Waals surface area contributed by atoms with Crippen LogP contribution in [0.3, 0.4) is 0 Å². The Morgan fingerprint density at radius 2 is 2.06 bits per heavy atom. The van der Waals surface area contributed by atoms with Gasteiger partial charge in [-0.2, -0.15) is 0 Å². The third-order valence-electron chi connectivity index (χ3n) is 3.01. The minimum Gasteiger partial charge on any atom is -0.336 e. The predicted octanol–water partition coefficient (Wildman–Crippen LogP) is 1.32. The van der Waals surface area contributed by atoms with Crippen LogP contribution in [0.5, 0.6) is 0 Å². The minimum atomic E-state index is -0.0424. The van der Waals surface area contributed by atoms with Gasteiger partial charge < -0.3 is 10.2 Å². The number of amides is 1. The lowest BCUT2D eigenvalue weighted by Crippen LogP contribution is -2.53. The van der Waals surface area contributed by atoms with E-state index in [0.29, 0.717) is 0 Å². The van der Waals surface area contributed by atoms with E-state index in [4.69, 9.17) is 0 Å². The fourth-order valence-corrected chi connectivity index (χ4v) is 1.96. The Hall–Kier alpha value is -1.35. The first-order chi connectivity index (χ1) is 7.66. The second kappa shape index (κ2) is 4.66. The number of hydrogen-bond donors (Lipinski definition) is 1. The summed E-state index contributed by atoms with van der Waals surface area (Å²) in [7, 11) is 0. The van der Waals surface area contributed by atoms with Crippen molar-refractivity contribution < 1.29 is 4.79 Å². The Kier molecular flexibility index (Phi) is 3.25. The van der Waals surface area contributed by atoms with E-state index in [1.807, 2.05) is 11.8 Å². The van der Waals surface area contributed by atoms with E-state index in [9.17, 15) is 4.79 Å². The molecule has 86 valence electrons. The topological polar surface area (TPSA) is 32.3 Å². The summed E-state index contributed by atoms with van der Waals surface area (Å²) in [6.07, 6.45) is 0. The zero-order valence-electron chi connectivity index (χ0n) is 9.86. The number of rotatable bonds is 2. The second-order valence-corrected chi connectivity index (χ2v) is 4.42. The van der Waals surface area contributed by atoms with Crippen LogP contribution >= 0.6 is 0 Å². The standard InChI is InChI=1S/C13H18N2O/c1-10-3-5-12(6-4-10)9-15-8-7-14-11(2)13(15)16/h3-6,11,14H,7-9H2,1-2H3/t11-/m1/s1. The van der Waals surface area contributed by atoms with Crippen molar-refractivity contribution in [2.45, 2.75) is 26.4 Å². The molecule has 1 aromatic rings. The van der Waals surface area contributed by atoms with Crippen molar-refractivity contribution in [1.82, 2.24) is 10.2 Å². The number of nitrogens with zero attached hydrogens (tertiary/aromatic N) is 1. The molecule has 2 rings (SSSR count). The van der Waals surface area contributed by atoms with E-state index in [2.05, 4.69) is 36.5 Å². The molecule has 0 saturated carbocycles. The third-order valence-corrected chi connectivity index (χ3v) is 3.01. The SMILES string of the molecule is Cc1ccc(CN2CCN[C@H](C)C2=O)cc1. The highest BCUT2D eigenvalue weighted by Crippen LogP contribution is 2.09. The fraction of sp³-hybridized carbons (Fsp3) is 0.462. The molecule has 1 atom stereocenters. The van der Waals surface area contributed by atoms with Gasteiger partial charge in [0.15, 0.2) is 0 Å². The van der Waals surface area contributed by atoms with Crippen LogP contribution in [0, 0.1) is 6.92 Å². The average molecular weight is 218 g/mol. The van der Waals surface area contributed by atoms with Crippen molar-refractivity contribution >= 4 is 5.91 Å². The summed E-state index contributed by atoms with van der Waals surface area (Å²) in [5.41, 5.74) is 2.46. The van der Waals surface area contributed by atoms with Crippen molar-refractivity contribution in [3.63, 3.8) is 0 Å². The first-order valence-corrected chi connectivity index (χ1v) is 5.74. The maximum Gasteiger partial charge on any atom is 0.239 e. The van der Waals surface area contributed by atoms with E-state index in [1.54, 1.807) is 0 Å². The molecule has 0 aliphatic carbocycles. The molecule has 0 bridgehead atoms. The summed E-state index contributed by atoms with van der Waals surface area (Å²) in [4.78, 5) is 13.8. The van der Waals surface area contributed by atoms with E-state index < -0.39 is 0 Å². The van der Waals surface area contributed by atoms with E-state index in [1.165, 1.54) is 11.1 Å². The third kappa shape index (κ3) is 2.42. The van der Waals surface area contributed by atoms with Crippen LogP contribution in [0.2, 0.25) is 0 Å². The first kappa shape index (κ1) is 11.1. The van der Waals surface area contributed by atoms with Crippen LogP contribution < -0.4 is 5.32 Å². The zero-order valence-corrected chi connectivity index (χ0v) is 9.86. The number of benzene rings is 1. The van der Waals surface area contributed by atoms with Crippen molar-refractivity contribution in [3.05, 3.63) is 35.4 Å². The molecule has 1 aliphatic heterocycles. The molecule has 0 spiro atoms. The summed E-state index contributed by atoms with van der Waals surface area (Å²) < 4.78 is 0. The Bertz CT molecular complexity index is 372. The van der Waals surface area contributed by atoms with Crippen LogP contribution in [-0.4, -0.2) is 29.9 Å². The molecule has 1 saturated heterocycles. The van der Waals surface area contributed by atoms with Gasteiger partial charge >= 0.3 is 0 Å². The Morgan fingerprint density at radius 3 is 2.75 bits per heavy atom. The van der Waals surface area contributed by atoms with Crippen LogP contribution in [0.4, 0.5) is 0 Å². The highest BCUT2D eigenvalue weighted by Gasteiger charge is 2.24. The monoisotopic (exact) mass is 218 g/mol. The largest absolute Gasteiger partial charge is 0.336 e. The number of piperazine rings is 1. The van der Waals surface area contributed by atoms with Gasteiger partial charge in [0.1, 0.15) is 0 Å². The fourth-order valence-electron chi connectivity index (χ4n) is 1.96. The summed E-state index contributed by atoms with van der Waals surface area (Å²) in [5.74, 6) is 0.201. The van der Waals surface area contributed by atoms with Crippen LogP contribution in [0.15, 0.2) is 24.3 Å². The van der Waals surface area contributed by atoms with Gasteiger partial charge in [0.05, 0.1) is 6.04 Å². The van der Waals surface area contributed by atoms with Crippen LogP contribution in [0.25, 0.3) is 0 Å². The molecule has 1 heterocycles. The maximum absolute atomic E-state index is 11.9. The summed E-state index contributed by atoms with van der Waals surface area (Å²) in [6, 6.07) is 8.32. The molecule has 1 aromatic carbocycles. The van der Waals surface area contributed by atoms with Gasteiger partial charge in [0, 0.05) is 19.6 Å². The smallest absolute Gasteiger partial charge is 0.239 e. The summed E-state index contributed by atoms with van der Waals surface area (Å²) in [6.45, 7) is 6.41. The molecule has 0 radical (unpaired) electrons. The Morgan fingerprint density at radius 1 is 1.38 bits per heavy atom. The predicted molar refractivity (Wildman–Crippen MR) is 64.1 cm³/mol. The summed E-state index contributed by atoms with van der Waals surface area (Å²) in [5, 5.41) is 3.17. The highest BCUT2D eigenvalue weighted by atomic mass is 16.2. The van der Waals surface area contributed by atoms with Crippen molar-refractivity contribution in [2.75, 3.05) is 13.1 Å². The Balaban J connectivity index is 2.03. The molecule has 0 aromatic heterocycles. The lowest BCUT2D eigenvalue weighted by atomic mass is 10.1. The quantitative estimate of drug-likeness (QED) is 0.812. The van der Waals surface area contributed by atoms with E-state index >= 15 is 0 Å². The Labute approximate surface area is 96.5 Å². The van der Waals surface area contributed by atoms with Gasteiger partial charge in [-0.05, 0) is 19.4 Å². The summed E-state index contributed by atoms with van der Waals surface area (Å²) >= 11 is 0. The van der Waals surface area contributed by atoms with Crippen molar-refractivity contribution in [2.24, 2.45) is 0 Å². The molecule has 3 heteroatoms. The van der Waals surface area contributed by atoms with Crippen molar-refractivity contribution in [1.29, 1.82) is 0 Å². The van der Waals surface area contributed by atoms with Crippen molar-refractivity contribution in [3.8, 4) is 0 Å². The minimum absolute atomic E-state index is 0.0424. The van der Waals surface area contributed by atoms with Gasteiger partial charge in [-0.3, -0.25) is 4.79 Å². The van der Waals surface area contributed by atoms with Gasteiger partial charge in [0.2, 0.25) is 5.91 Å². The molecular weight excluding hydrogens is 200 g/mol. The molecule has 0 unspecified atom stereocenters. The van der Waals surface area contributed by atoms with Gasteiger partial charge in [-0.1, -0.05) is 29.8 Å². The molecule has 1 amide bonds. The number of carbonyl (C=O) groups is 1. The highest BCUT2D eigenvalue weighted by molar-refractivity contribution is 5.82. The number of carbonyl (C=O) groups excluding carboxylic acids is 1. The zero-order chi connectivity index (χ0) is 11.5. The van der Waals surface area contributed by atoms with E-state index in [-0.39, 0.29) is 11.9 Å². The van der Waals surface area contributed by atoms with E-state index in [0.717, 1.165) is 19.6 Å². The van der Waals surface area contributed by atoms with Gasteiger partial charge in [-0.15, -0.1) is 0 Å². The lowest BCUT2D eigenvalue weighted by Gasteiger charge is -2.31. The number of aryl methyl sites for hydroxylation is 1.